The molecular weight excluding hydrogens is 489 g/mol. The first-order chi connectivity index (χ1) is 16.8. The van der Waals surface area contributed by atoms with E-state index in [-0.39, 0.29) is 16.6 Å². The Labute approximate surface area is 212 Å². The van der Waals surface area contributed by atoms with Crippen LogP contribution in [0.4, 0.5) is 17.1 Å². The number of ether oxygens (including phenoxy) is 1. The van der Waals surface area contributed by atoms with E-state index in [1.807, 2.05) is 13.8 Å². The lowest BCUT2D eigenvalue weighted by atomic mass is 10.1. The molecule has 0 atom stereocenters. The van der Waals surface area contributed by atoms with Gasteiger partial charge < -0.3 is 15.4 Å². The molecule has 0 saturated carbocycles. The van der Waals surface area contributed by atoms with Gasteiger partial charge in [0.2, 0.25) is 0 Å². The lowest BCUT2D eigenvalue weighted by Crippen LogP contribution is -2.32. The highest BCUT2D eigenvalue weighted by Crippen LogP contribution is 2.31. The normalized spacial score (nSPS) is 13.3. The van der Waals surface area contributed by atoms with Crippen molar-refractivity contribution in [1.82, 2.24) is 0 Å². The largest absolute Gasteiger partial charge is 0.494 e. The fourth-order valence-electron chi connectivity index (χ4n) is 3.55. The van der Waals surface area contributed by atoms with Crippen molar-refractivity contribution in [3.8, 4) is 5.75 Å². The summed E-state index contributed by atoms with van der Waals surface area (Å²) in [5.41, 5.74) is 2.52. The Kier molecular flexibility index (Phi) is 7.10. The zero-order chi connectivity index (χ0) is 25.1. The van der Waals surface area contributed by atoms with E-state index >= 15 is 0 Å². The number of carbonyl (C=O) groups is 3. The molecule has 2 N–H and O–H groups in total. The van der Waals surface area contributed by atoms with Gasteiger partial charge in [-0.05, 0) is 80.1 Å². The molecule has 1 aliphatic heterocycles. The molecule has 1 aliphatic rings. The minimum atomic E-state index is -0.643. The molecule has 0 radical (unpaired) electrons. The van der Waals surface area contributed by atoms with Crippen LogP contribution in [0.25, 0.3) is 0 Å². The molecule has 1 heterocycles. The van der Waals surface area contributed by atoms with Crippen LogP contribution < -0.4 is 20.3 Å². The molecular formula is C26H21Cl2N3O4. The molecule has 9 heteroatoms. The number of aryl methyl sites for hydroxylation is 1. The maximum absolute atomic E-state index is 13.0. The third kappa shape index (κ3) is 5.16. The summed E-state index contributed by atoms with van der Waals surface area (Å²) in [7, 11) is 0. The van der Waals surface area contributed by atoms with Crippen LogP contribution >= 0.6 is 23.2 Å². The average Bonchev–Trinajstić information content (AvgIpc) is 3.05. The second-order valence-electron chi connectivity index (χ2n) is 7.68. The Morgan fingerprint density at radius 1 is 0.971 bits per heavy atom. The van der Waals surface area contributed by atoms with Crippen LogP contribution in [0.5, 0.6) is 5.75 Å². The molecule has 0 saturated heterocycles. The minimum absolute atomic E-state index is 0.0725. The first-order valence-corrected chi connectivity index (χ1v) is 11.5. The second kappa shape index (κ2) is 10.2. The number of benzene rings is 3. The van der Waals surface area contributed by atoms with Gasteiger partial charge in [0.1, 0.15) is 16.5 Å². The summed E-state index contributed by atoms with van der Waals surface area (Å²) in [4.78, 5) is 39.5. The third-order valence-electron chi connectivity index (χ3n) is 5.26. The molecule has 35 heavy (non-hydrogen) atoms. The molecule has 0 fully saturated rings. The Morgan fingerprint density at radius 2 is 1.71 bits per heavy atom. The Morgan fingerprint density at radius 3 is 2.40 bits per heavy atom. The van der Waals surface area contributed by atoms with Gasteiger partial charge in [0.05, 0.1) is 12.3 Å². The molecule has 3 aromatic rings. The van der Waals surface area contributed by atoms with Gasteiger partial charge in [-0.3, -0.25) is 14.4 Å². The van der Waals surface area contributed by atoms with Crippen LogP contribution in [0.1, 0.15) is 22.8 Å². The number of hydrogen-bond acceptors (Lipinski definition) is 5. The number of anilines is 3. The second-order valence-corrected chi connectivity index (χ2v) is 8.50. The van der Waals surface area contributed by atoms with Crippen LogP contribution in [0.3, 0.4) is 0 Å². The van der Waals surface area contributed by atoms with Crippen molar-refractivity contribution in [2.45, 2.75) is 13.8 Å². The first kappa shape index (κ1) is 24.3. The number of nitrogens with one attached hydrogen (secondary N) is 2. The fraction of sp³-hybridized carbons (Fsp3) is 0.115. The van der Waals surface area contributed by atoms with Crippen LogP contribution in [-0.2, 0) is 9.59 Å². The van der Waals surface area contributed by atoms with Gasteiger partial charge in [-0.1, -0.05) is 29.3 Å². The van der Waals surface area contributed by atoms with Crippen molar-refractivity contribution in [3.05, 3.63) is 93.6 Å². The average molecular weight is 510 g/mol. The number of nitrogens with zero attached hydrogens (tertiary/aromatic N) is 1. The van der Waals surface area contributed by atoms with E-state index in [1.54, 1.807) is 66.7 Å². The van der Waals surface area contributed by atoms with Crippen molar-refractivity contribution < 1.29 is 19.1 Å². The lowest BCUT2D eigenvalue weighted by molar-refractivity contribution is -0.120. The van der Waals surface area contributed by atoms with E-state index in [9.17, 15) is 14.4 Å². The van der Waals surface area contributed by atoms with Crippen molar-refractivity contribution >= 4 is 58.0 Å². The van der Waals surface area contributed by atoms with E-state index in [1.165, 1.54) is 0 Å². The van der Waals surface area contributed by atoms with E-state index in [4.69, 9.17) is 27.9 Å². The van der Waals surface area contributed by atoms with E-state index in [2.05, 4.69) is 10.6 Å². The van der Waals surface area contributed by atoms with Crippen molar-refractivity contribution in [1.29, 1.82) is 0 Å². The van der Waals surface area contributed by atoms with Gasteiger partial charge in [0.15, 0.2) is 0 Å². The molecule has 0 unspecified atom stereocenters. The Hall–Kier alpha value is -3.81. The SMILES string of the molecule is CCOc1ccc(N2C(=O)C(Cl)=C(Nc3cccc(C(=O)Nc4ccc(Cl)cc4C)c3)C2=O)cc1. The smallest absolute Gasteiger partial charge is 0.283 e. The summed E-state index contributed by atoms with van der Waals surface area (Å²) in [6.45, 7) is 4.20. The number of halogens is 2. The van der Waals surface area contributed by atoms with Gasteiger partial charge >= 0.3 is 0 Å². The standard InChI is InChI=1S/C26H21Cl2N3O4/c1-3-35-20-10-8-19(9-11-20)31-25(33)22(28)23(26(31)34)29-18-6-4-5-16(14-18)24(32)30-21-12-7-17(27)13-15(21)2/h4-14,29H,3H2,1-2H3,(H,30,32). The summed E-state index contributed by atoms with van der Waals surface area (Å²) < 4.78 is 5.40. The van der Waals surface area contributed by atoms with E-state index < -0.39 is 11.8 Å². The lowest BCUT2D eigenvalue weighted by Gasteiger charge is -2.16. The summed E-state index contributed by atoms with van der Waals surface area (Å²) in [6, 6.07) is 18.2. The maximum Gasteiger partial charge on any atom is 0.283 e. The Bertz CT molecular complexity index is 1350. The zero-order valence-corrected chi connectivity index (χ0v) is 20.4. The number of rotatable bonds is 7. The quantitative estimate of drug-likeness (QED) is 0.396. The number of hydrogen-bond donors (Lipinski definition) is 2. The number of imide groups is 1. The molecule has 3 aromatic carbocycles. The summed E-state index contributed by atoms with van der Waals surface area (Å²) in [6.07, 6.45) is 0. The minimum Gasteiger partial charge on any atom is -0.494 e. The summed E-state index contributed by atoms with van der Waals surface area (Å²) in [5, 5.41) is 6.07. The van der Waals surface area contributed by atoms with Crippen LogP contribution in [-0.4, -0.2) is 24.3 Å². The molecule has 4 rings (SSSR count). The van der Waals surface area contributed by atoms with Gasteiger partial charge in [-0.15, -0.1) is 0 Å². The highest BCUT2D eigenvalue weighted by Gasteiger charge is 2.39. The number of amides is 3. The molecule has 0 aliphatic carbocycles. The highest BCUT2D eigenvalue weighted by atomic mass is 35.5. The Balaban J connectivity index is 1.52. The molecule has 0 spiro atoms. The third-order valence-corrected chi connectivity index (χ3v) is 5.85. The zero-order valence-electron chi connectivity index (χ0n) is 18.9. The van der Waals surface area contributed by atoms with Crippen molar-refractivity contribution in [2.75, 3.05) is 22.1 Å². The fourth-order valence-corrected chi connectivity index (χ4v) is 3.99. The van der Waals surface area contributed by atoms with E-state index in [0.29, 0.717) is 40.0 Å². The van der Waals surface area contributed by atoms with Crippen molar-refractivity contribution in [3.63, 3.8) is 0 Å². The molecule has 7 nitrogen and oxygen atoms in total. The molecule has 0 bridgehead atoms. The first-order valence-electron chi connectivity index (χ1n) is 10.7. The topological polar surface area (TPSA) is 87.7 Å². The number of carbonyl (C=O) groups excluding carboxylic acids is 3. The predicted octanol–water partition coefficient (Wildman–Crippen LogP) is 5.74. The van der Waals surface area contributed by atoms with Gasteiger partial charge in [0, 0.05) is 22.0 Å². The van der Waals surface area contributed by atoms with Crippen LogP contribution in [0, 0.1) is 6.92 Å². The predicted molar refractivity (Wildman–Crippen MR) is 137 cm³/mol. The van der Waals surface area contributed by atoms with Gasteiger partial charge in [-0.2, -0.15) is 0 Å². The summed E-state index contributed by atoms with van der Waals surface area (Å²) in [5.74, 6) is -0.966. The molecule has 0 aromatic heterocycles. The maximum atomic E-state index is 13.0. The monoisotopic (exact) mass is 509 g/mol. The molecule has 3 amide bonds. The van der Waals surface area contributed by atoms with Gasteiger partial charge in [0.25, 0.3) is 17.7 Å². The molecule has 178 valence electrons. The van der Waals surface area contributed by atoms with Gasteiger partial charge in [-0.25, -0.2) is 4.90 Å². The van der Waals surface area contributed by atoms with Crippen LogP contribution in [0.15, 0.2) is 77.5 Å². The summed E-state index contributed by atoms with van der Waals surface area (Å²) >= 11 is 12.2. The van der Waals surface area contributed by atoms with E-state index in [0.717, 1.165) is 10.5 Å². The highest BCUT2D eigenvalue weighted by molar-refractivity contribution is 6.53. The van der Waals surface area contributed by atoms with Crippen molar-refractivity contribution in [2.24, 2.45) is 0 Å². The van der Waals surface area contributed by atoms with Crippen LogP contribution in [0.2, 0.25) is 5.02 Å².